The van der Waals surface area contributed by atoms with Crippen molar-refractivity contribution in [2.75, 3.05) is 37.8 Å². The molecular weight excluding hydrogens is 294 g/mol. The Morgan fingerprint density at radius 1 is 1.32 bits per heavy atom. The van der Waals surface area contributed by atoms with Crippen LogP contribution in [0, 0.1) is 0 Å². The SMILES string of the molecule is O=c1[nH]c(=O)n([C@@H]2C[C@H](O)[C@H](CO)O2)cc1N1CCOCC1. The quantitative estimate of drug-likeness (QED) is 0.591. The lowest BCUT2D eigenvalue weighted by molar-refractivity contribution is -0.0458. The van der Waals surface area contributed by atoms with E-state index in [0.717, 1.165) is 0 Å². The van der Waals surface area contributed by atoms with Gasteiger partial charge in [-0.15, -0.1) is 0 Å². The molecule has 2 saturated heterocycles. The van der Waals surface area contributed by atoms with Crippen molar-refractivity contribution in [1.82, 2.24) is 9.55 Å². The normalized spacial score (nSPS) is 29.0. The van der Waals surface area contributed by atoms with E-state index in [1.165, 1.54) is 10.8 Å². The maximum Gasteiger partial charge on any atom is 0.330 e. The summed E-state index contributed by atoms with van der Waals surface area (Å²) in [5.74, 6) is 0. The van der Waals surface area contributed by atoms with Crippen LogP contribution in [0.1, 0.15) is 12.6 Å². The van der Waals surface area contributed by atoms with Gasteiger partial charge in [-0.05, 0) is 0 Å². The summed E-state index contributed by atoms with van der Waals surface area (Å²) in [6.07, 6.45) is -0.656. The molecule has 9 nitrogen and oxygen atoms in total. The summed E-state index contributed by atoms with van der Waals surface area (Å²) in [4.78, 5) is 28.1. The Morgan fingerprint density at radius 2 is 2.05 bits per heavy atom. The molecule has 0 saturated carbocycles. The first-order valence-corrected chi connectivity index (χ1v) is 7.22. The number of nitrogens with one attached hydrogen (secondary N) is 1. The molecule has 3 atom stereocenters. The van der Waals surface area contributed by atoms with E-state index in [4.69, 9.17) is 14.6 Å². The first-order chi connectivity index (χ1) is 10.6. The minimum absolute atomic E-state index is 0.180. The van der Waals surface area contributed by atoms with Crippen LogP contribution in [0.5, 0.6) is 0 Å². The Hall–Kier alpha value is -1.68. The largest absolute Gasteiger partial charge is 0.394 e. The Labute approximate surface area is 125 Å². The highest BCUT2D eigenvalue weighted by Crippen LogP contribution is 2.27. The van der Waals surface area contributed by atoms with E-state index in [9.17, 15) is 14.7 Å². The summed E-state index contributed by atoms with van der Waals surface area (Å²) < 4.78 is 12.0. The molecule has 0 amide bonds. The summed E-state index contributed by atoms with van der Waals surface area (Å²) in [6.45, 7) is 1.84. The molecule has 0 spiro atoms. The molecule has 1 aromatic heterocycles. The maximum atomic E-state index is 12.0. The summed E-state index contributed by atoms with van der Waals surface area (Å²) in [5, 5.41) is 18.9. The molecule has 0 bridgehead atoms. The maximum absolute atomic E-state index is 12.0. The van der Waals surface area contributed by atoms with Crippen LogP contribution in [0.2, 0.25) is 0 Å². The summed E-state index contributed by atoms with van der Waals surface area (Å²) in [7, 11) is 0. The van der Waals surface area contributed by atoms with Crippen LogP contribution in [0.15, 0.2) is 15.8 Å². The summed E-state index contributed by atoms with van der Waals surface area (Å²) >= 11 is 0. The van der Waals surface area contributed by atoms with Gasteiger partial charge in [0, 0.05) is 25.7 Å². The number of anilines is 1. The molecule has 2 fully saturated rings. The molecule has 0 aromatic carbocycles. The number of H-pyrrole nitrogens is 1. The number of aromatic nitrogens is 2. The second-order valence-electron chi connectivity index (χ2n) is 5.40. The highest BCUT2D eigenvalue weighted by molar-refractivity contribution is 5.42. The number of morpholine rings is 1. The average Bonchev–Trinajstić information content (AvgIpc) is 2.89. The Bertz CT molecular complexity index is 635. The topological polar surface area (TPSA) is 117 Å². The van der Waals surface area contributed by atoms with E-state index < -0.39 is 29.7 Å². The fraction of sp³-hybridized carbons (Fsp3) is 0.692. The second-order valence-corrected chi connectivity index (χ2v) is 5.40. The van der Waals surface area contributed by atoms with Gasteiger partial charge in [-0.1, -0.05) is 0 Å². The predicted molar refractivity (Wildman–Crippen MR) is 76.0 cm³/mol. The van der Waals surface area contributed by atoms with Crippen LogP contribution in [0.4, 0.5) is 5.69 Å². The lowest BCUT2D eigenvalue weighted by Crippen LogP contribution is -2.42. The third-order valence-electron chi connectivity index (χ3n) is 4.00. The fourth-order valence-electron chi connectivity index (χ4n) is 2.77. The van der Waals surface area contributed by atoms with Crippen molar-refractivity contribution >= 4 is 5.69 Å². The molecule has 3 rings (SSSR count). The van der Waals surface area contributed by atoms with Gasteiger partial charge in [0.15, 0.2) is 0 Å². The van der Waals surface area contributed by atoms with Gasteiger partial charge < -0.3 is 24.6 Å². The first-order valence-electron chi connectivity index (χ1n) is 7.22. The molecule has 122 valence electrons. The van der Waals surface area contributed by atoms with Crippen molar-refractivity contribution in [2.24, 2.45) is 0 Å². The number of hydrogen-bond acceptors (Lipinski definition) is 7. The number of rotatable bonds is 3. The van der Waals surface area contributed by atoms with Crippen LogP contribution < -0.4 is 16.1 Å². The van der Waals surface area contributed by atoms with Crippen molar-refractivity contribution in [3.63, 3.8) is 0 Å². The summed E-state index contributed by atoms with van der Waals surface area (Å²) in [5.41, 5.74) is -0.688. The average molecular weight is 313 g/mol. The number of aliphatic hydroxyl groups is 2. The molecule has 2 aliphatic heterocycles. The van der Waals surface area contributed by atoms with Gasteiger partial charge in [0.05, 0.1) is 25.9 Å². The van der Waals surface area contributed by atoms with Crippen molar-refractivity contribution in [3.05, 3.63) is 27.0 Å². The van der Waals surface area contributed by atoms with E-state index in [0.29, 0.717) is 32.0 Å². The van der Waals surface area contributed by atoms with E-state index in [2.05, 4.69) is 4.98 Å². The van der Waals surface area contributed by atoms with Crippen molar-refractivity contribution in [2.45, 2.75) is 24.9 Å². The highest BCUT2D eigenvalue weighted by atomic mass is 16.5. The van der Waals surface area contributed by atoms with E-state index in [1.54, 1.807) is 0 Å². The standard InChI is InChI=1S/C13H19N3O6/c17-7-10-9(18)5-11(22-10)16-6-8(12(19)14-13(16)20)15-1-3-21-4-2-15/h6,9-11,17-18H,1-5,7H2,(H,14,19,20)/t9-,10-,11-/m0/s1. The highest BCUT2D eigenvalue weighted by Gasteiger charge is 2.35. The molecule has 3 N–H and O–H groups in total. The van der Waals surface area contributed by atoms with Crippen molar-refractivity contribution < 1.29 is 19.7 Å². The Balaban J connectivity index is 1.91. The van der Waals surface area contributed by atoms with Gasteiger partial charge in [0.2, 0.25) is 0 Å². The van der Waals surface area contributed by atoms with Crippen LogP contribution in [0.3, 0.4) is 0 Å². The predicted octanol–water partition coefficient (Wildman–Crippen LogP) is -1.99. The van der Waals surface area contributed by atoms with Gasteiger partial charge in [-0.3, -0.25) is 14.3 Å². The van der Waals surface area contributed by atoms with Crippen LogP contribution in [0.25, 0.3) is 0 Å². The van der Waals surface area contributed by atoms with Gasteiger partial charge in [-0.2, -0.15) is 0 Å². The van der Waals surface area contributed by atoms with Gasteiger partial charge >= 0.3 is 5.69 Å². The minimum atomic E-state index is -0.847. The molecular formula is C13H19N3O6. The molecule has 22 heavy (non-hydrogen) atoms. The molecule has 0 unspecified atom stereocenters. The van der Waals surface area contributed by atoms with Gasteiger partial charge in [0.25, 0.3) is 5.56 Å². The zero-order valence-electron chi connectivity index (χ0n) is 12.0. The number of hydrogen-bond donors (Lipinski definition) is 3. The Morgan fingerprint density at radius 3 is 2.68 bits per heavy atom. The fourth-order valence-corrected chi connectivity index (χ4v) is 2.77. The molecule has 9 heteroatoms. The van der Waals surface area contributed by atoms with Crippen molar-refractivity contribution in [1.29, 1.82) is 0 Å². The molecule has 0 radical (unpaired) electrons. The molecule has 2 aliphatic rings. The van der Waals surface area contributed by atoms with E-state index in [1.807, 2.05) is 4.90 Å². The zero-order chi connectivity index (χ0) is 15.7. The number of ether oxygens (including phenoxy) is 2. The first kappa shape index (κ1) is 15.2. The monoisotopic (exact) mass is 313 g/mol. The van der Waals surface area contributed by atoms with Crippen LogP contribution in [-0.4, -0.2) is 64.9 Å². The molecule has 3 heterocycles. The number of aliphatic hydroxyl groups excluding tert-OH is 2. The van der Waals surface area contributed by atoms with Crippen molar-refractivity contribution in [3.8, 4) is 0 Å². The zero-order valence-corrected chi connectivity index (χ0v) is 12.0. The van der Waals surface area contributed by atoms with Gasteiger partial charge in [-0.25, -0.2) is 4.79 Å². The third-order valence-corrected chi connectivity index (χ3v) is 4.00. The third kappa shape index (κ3) is 2.80. The van der Waals surface area contributed by atoms with Gasteiger partial charge in [0.1, 0.15) is 18.0 Å². The summed E-state index contributed by atoms with van der Waals surface area (Å²) in [6, 6.07) is 0. The van der Waals surface area contributed by atoms with E-state index in [-0.39, 0.29) is 13.0 Å². The molecule has 1 aromatic rings. The number of nitrogens with zero attached hydrogens (tertiary/aromatic N) is 2. The van der Waals surface area contributed by atoms with E-state index >= 15 is 0 Å². The second kappa shape index (κ2) is 6.21. The lowest BCUT2D eigenvalue weighted by Gasteiger charge is -2.28. The number of aromatic amines is 1. The lowest BCUT2D eigenvalue weighted by atomic mass is 10.2. The van der Waals surface area contributed by atoms with Crippen LogP contribution in [-0.2, 0) is 9.47 Å². The van der Waals surface area contributed by atoms with Crippen LogP contribution >= 0.6 is 0 Å². The smallest absolute Gasteiger partial charge is 0.330 e. The Kier molecular flexibility index (Phi) is 4.30. The minimum Gasteiger partial charge on any atom is -0.394 e. The molecule has 0 aliphatic carbocycles.